The Bertz CT molecular complexity index is 167. The van der Waals surface area contributed by atoms with Crippen LogP contribution in [0.1, 0.15) is 39.0 Å². The van der Waals surface area contributed by atoms with Crippen LogP contribution in [0.15, 0.2) is 0 Å². The first-order valence-electron chi connectivity index (χ1n) is 4.82. The molecule has 0 spiro atoms. The molecule has 1 aliphatic rings. The van der Waals surface area contributed by atoms with Crippen LogP contribution >= 0.6 is 0 Å². The third kappa shape index (κ3) is 2.22. The number of ether oxygens (including phenoxy) is 1. The molecule has 0 atom stereocenters. The summed E-state index contributed by atoms with van der Waals surface area (Å²) in [4.78, 5) is 0. The predicted octanol–water partition coefficient (Wildman–Crippen LogP) is 2.50. The summed E-state index contributed by atoms with van der Waals surface area (Å²) < 4.78 is 5.45. The van der Waals surface area contributed by atoms with Gasteiger partial charge in [-0.05, 0) is 19.3 Å². The first-order valence-corrected chi connectivity index (χ1v) is 4.82. The van der Waals surface area contributed by atoms with E-state index in [4.69, 9.17) is 10.00 Å². The molecule has 2 heteroatoms. The number of hydrogen-bond acceptors (Lipinski definition) is 2. The summed E-state index contributed by atoms with van der Waals surface area (Å²) in [5.74, 6) is 0. The highest BCUT2D eigenvalue weighted by atomic mass is 16.5. The van der Waals surface area contributed by atoms with Gasteiger partial charge >= 0.3 is 0 Å². The molecule has 1 fully saturated rings. The van der Waals surface area contributed by atoms with Crippen molar-refractivity contribution in [3.8, 4) is 6.07 Å². The van der Waals surface area contributed by atoms with Gasteiger partial charge in [-0.3, -0.25) is 0 Å². The monoisotopic (exact) mass is 167 g/mol. The fraction of sp³-hybridized carbons (Fsp3) is 0.900. The standard InChI is InChI=1S/C10H17NO/c1-2-3-7-12-9-10(8-11)5-4-6-10/h2-7,9H2,1H3. The largest absolute Gasteiger partial charge is 0.380 e. The van der Waals surface area contributed by atoms with Crippen LogP contribution in [0.5, 0.6) is 0 Å². The Hall–Kier alpha value is -0.550. The second kappa shape index (κ2) is 4.47. The molecule has 0 saturated heterocycles. The Labute approximate surface area is 74.5 Å². The van der Waals surface area contributed by atoms with E-state index in [2.05, 4.69) is 13.0 Å². The number of hydrogen-bond donors (Lipinski definition) is 0. The van der Waals surface area contributed by atoms with Gasteiger partial charge in [0.15, 0.2) is 0 Å². The van der Waals surface area contributed by atoms with E-state index in [1.165, 1.54) is 12.8 Å². The molecule has 2 nitrogen and oxygen atoms in total. The first kappa shape index (κ1) is 9.54. The third-order valence-corrected chi connectivity index (χ3v) is 2.57. The van der Waals surface area contributed by atoms with Gasteiger partial charge in [0.05, 0.1) is 18.1 Å². The molecule has 1 aliphatic carbocycles. The van der Waals surface area contributed by atoms with Crippen LogP contribution in [-0.4, -0.2) is 13.2 Å². The van der Waals surface area contributed by atoms with Crippen molar-refractivity contribution in [2.24, 2.45) is 5.41 Å². The fourth-order valence-corrected chi connectivity index (χ4v) is 1.41. The number of rotatable bonds is 5. The highest BCUT2D eigenvalue weighted by molar-refractivity contribution is 5.04. The second-order valence-electron chi connectivity index (χ2n) is 3.65. The van der Waals surface area contributed by atoms with Crippen molar-refractivity contribution in [1.29, 1.82) is 5.26 Å². The van der Waals surface area contributed by atoms with E-state index < -0.39 is 0 Å². The zero-order valence-corrected chi connectivity index (χ0v) is 7.81. The van der Waals surface area contributed by atoms with Crippen LogP contribution in [-0.2, 0) is 4.74 Å². The molecular weight excluding hydrogens is 150 g/mol. The second-order valence-corrected chi connectivity index (χ2v) is 3.65. The average Bonchev–Trinajstić information content (AvgIpc) is 2.02. The lowest BCUT2D eigenvalue weighted by atomic mass is 9.71. The maximum absolute atomic E-state index is 8.86. The Morgan fingerprint density at radius 1 is 1.50 bits per heavy atom. The van der Waals surface area contributed by atoms with E-state index in [9.17, 15) is 0 Å². The van der Waals surface area contributed by atoms with Gasteiger partial charge in [0.2, 0.25) is 0 Å². The number of nitrogens with zero attached hydrogens (tertiary/aromatic N) is 1. The van der Waals surface area contributed by atoms with Crippen LogP contribution in [0.4, 0.5) is 0 Å². The minimum atomic E-state index is -0.103. The molecule has 68 valence electrons. The molecule has 0 amide bonds. The molecule has 0 heterocycles. The van der Waals surface area contributed by atoms with Gasteiger partial charge in [-0.15, -0.1) is 0 Å². The van der Waals surface area contributed by atoms with Gasteiger partial charge in [0.1, 0.15) is 0 Å². The Morgan fingerprint density at radius 3 is 2.67 bits per heavy atom. The lowest BCUT2D eigenvalue weighted by molar-refractivity contribution is 0.0298. The fourth-order valence-electron chi connectivity index (χ4n) is 1.41. The summed E-state index contributed by atoms with van der Waals surface area (Å²) in [5.41, 5.74) is -0.103. The zero-order chi connectivity index (χ0) is 8.86. The van der Waals surface area contributed by atoms with Crippen molar-refractivity contribution in [3.05, 3.63) is 0 Å². The molecule has 0 radical (unpaired) electrons. The molecule has 0 aromatic heterocycles. The van der Waals surface area contributed by atoms with Crippen molar-refractivity contribution >= 4 is 0 Å². The topological polar surface area (TPSA) is 33.0 Å². The van der Waals surface area contributed by atoms with Crippen molar-refractivity contribution in [3.63, 3.8) is 0 Å². The molecule has 1 saturated carbocycles. The van der Waals surface area contributed by atoms with Gasteiger partial charge in [-0.2, -0.15) is 5.26 Å². The van der Waals surface area contributed by atoms with Gasteiger partial charge in [-0.1, -0.05) is 19.8 Å². The van der Waals surface area contributed by atoms with Crippen molar-refractivity contribution < 1.29 is 4.74 Å². The van der Waals surface area contributed by atoms with E-state index in [0.717, 1.165) is 25.9 Å². The van der Waals surface area contributed by atoms with E-state index in [0.29, 0.717) is 6.61 Å². The normalized spacial score (nSPS) is 19.7. The predicted molar refractivity (Wildman–Crippen MR) is 47.6 cm³/mol. The Balaban J connectivity index is 2.09. The van der Waals surface area contributed by atoms with Gasteiger partial charge in [0.25, 0.3) is 0 Å². The number of unbranched alkanes of at least 4 members (excludes halogenated alkanes) is 1. The summed E-state index contributed by atoms with van der Waals surface area (Å²) >= 11 is 0. The van der Waals surface area contributed by atoms with Gasteiger partial charge < -0.3 is 4.74 Å². The summed E-state index contributed by atoms with van der Waals surface area (Å²) in [6.07, 6.45) is 5.55. The Kier molecular flexibility index (Phi) is 3.55. The highest BCUT2D eigenvalue weighted by Crippen LogP contribution is 2.40. The van der Waals surface area contributed by atoms with E-state index in [-0.39, 0.29) is 5.41 Å². The van der Waals surface area contributed by atoms with Crippen LogP contribution in [0.2, 0.25) is 0 Å². The summed E-state index contributed by atoms with van der Waals surface area (Å²) in [5, 5.41) is 8.86. The average molecular weight is 167 g/mol. The smallest absolute Gasteiger partial charge is 0.0807 e. The maximum atomic E-state index is 8.86. The number of nitriles is 1. The van der Waals surface area contributed by atoms with Crippen LogP contribution in [0.25, 0.3) is 0 Å². The lowest BCUT2D eigenvalue weighted by Crippen LogP contribution is -2.32. The third-order valence-electron chi connectivity index (χ3n) is 2.57. The molecule has 1 rings (SSSR count). The molecular formula is C10H17NO. The van der Waals surface area contributed by atoms with Gasteiger partial charge in [-0.25, -0.2) is 0 Å². The van der Waals surface area contributed by atoms with Crippen LogP contribution in [0, 0.1) is 16.7 Å². The maximum Gasteiger partial charge on any atom is 0.0807 e. The summed E-state index contributed by atoms with van der Waals surface area (Å²) in [6.45, 7) is 3.62. The summed E-state index contributed by atoms with van der Waals surface area (Å²) in [7, 11) is 0. The van der Waals surface area contributed by atoms with E-state index in [1.54, 1.807) is 0 Å². The van der Waals surface area contributed by atoms with Crippen molar-refractivity contribution in [1.82, 2.24) is 0 Å². The Morgan fingerprint density at radius 2 is 2.25 bits per heavy atom. The lowest BCUT2D eigenvalue weighted by Gasteiger charge is -2.34. The van der Waals surface area contributed by atoms with E-state index in [1.807, 2.05) is 0 Å². The van der Waals surface area contributed by atoms with E-state index >= 15 is 0 Å². The quantitative estimate of drug-likeness (QED) is 0.589. The zero-order valence-electron chi connectivity index (χ0n) is 7.81. The minimum Gasteiger partial charge on any atom is -0.380 e. The van der Waals surface area contributed by atoms with Gasteiger partial charge in [0, 0.05) is 6.61 Å². The molecule has 0 aromatic rings. The van der Waals surface area contributed by atoms with Crippen molar-refractivity contribution in [2.45, 2.75) is 39.0 Å². The SMILES string of the molecule is CCCCOCC1(C#N)CCC1. The van der Waals surface area contributed by atoms with Crippen molar-refractivity contribution in [2.75, 3.05) is 13.2 Å². The molecule has 0 bridgehead atoms. The molecule has 0 N–H and O–H groups in total. The summed E-state index contributed by atoms with van der Waals surface area (Å²) in [6, 6.07) is 2.37. The highest BCUT2D eigenvalue weighted by Gasteiger charge is 2.37. The first-order chi connectivity index (χ1) is 5.83. The van der Waals surface area contributed by atoms with Crippen LogP contribution < -0.4 is 0 Å². The molecule has 0 aliphatic heterocycles. The molecule has 0 aromatic carbocycles. The minimum absolute atomic E-state index is 0.103. The molecule has 12 heavy (non-hydrogen) atoms. The van der Waals surface area contributed by atoms with Crippen LogP contribution in [0.3, 0.4) is 0 Å². The molecule has 0 unspecified atom stereocenters.